The van der Waals surface area contributed by atoms with Crippen LogP contribution in [-0.2, 0) is 0 Å². The third-order valence-electron chi connectivity index (χ3n) is 2.51. The SMILES string of the molecule is NC1(/C=C/c2ccc(F)cc2)CC1(F)F. The van der Waals surface area contributed by atoms with Crippen LogP contribution in [0.1, 0.15) is 12.0 Å². The summed E-state index contributed by atoms with van der Waals surface area (Å²) in [5.74, 6) is -3.16. The minimum Gasteiger partial charge on any atom is -0.317 e. The predicted octanol–water partition coefficient (Wildman–Crippen LogP) is 2.58. The van der Waals surface area contributed by atoms with Crippen molar-refractivity contribution in [3.63, 3.8) is 0 Å². The molecule has 1 saturated carbocycles. The Morgan fingerprint density at radius 1 is 1.20 bits per heavy atom. The fourth-order valence-electron chi connectivity index (χ4n) is 1.32. The zero-order valence-electron chi connectivity index (χ0n) is 7.88. The molecule has 0 radical (unpaired) electrons. The molecule has 1 aliphatic carbocycles. The van der Waals surface area contributed by atoms with Crippen molar-refractivity contribution in [2.45, 2.75) is 17.9 Å². The zero-order chi connectivity index (χ0) is 11.1. The summed E-state index contributed by atoms with van der Waals surface area (Å²) in [5, 5.41) is 0. The van der Waals surface area contributed by atoms with Crippen LogP contribution in [0.15, 0.2) is 30.3 Å². The monoisotopic (exact) mass is 213 g/mol. The first-order chi connectivity index (χ1) is 6.93. The zero-order valence-corrected chi connectivity index (χ0v) is 7.88. The Morgan fingerprint density at radius 3 is 2.20 bits per heavy atom. The van der Waals surface area contributed by atoms with Gasteiger partial charge in [0.15, 0.2) is 0 Å². The van der Waals surface area contributed by atoms with E-state index in [4.69, 9.17) is 5.73 Å². The van der Waals surface area contributed by atoms with Gasteiger partial charge in [0.05, 0.1) is 0 Å². The minimum absolute atomic E-state index is 0.322. The highest BCUT2D eigenvalue weighted by molar-refractivity contribution is 5.53. The van der Waals surface area contributed by atoms with Crippen LogP contribution < -0.4 is 5.73 Å². The lowest BCUT2D eigenvalue weighted by atomic mass is 10.1. The van der Waals surface area contributed by atoms with E-state index in [1.165, 1.54) is 36.4 Å². The van der Waals surface area contributed by atoms with Gasteiger partial charge in [-0.15, -0.1) is 0 Å². The molecule has 1 fully saturated rings. The van der Waals surface area contributed by atoms with Crippen molar-refractivity contribution < 1.29 is 13.2 Å². The summed E-state index contributed by atoms with van der Waals surface area (Å²) in [4.78, 5) is 0. The van der Waals surface area contributed by atoms with Crippen molar-refractivity contribution >= 4 is 6.08 Å². The predicted molar refractivity (Wildman–Crippen MR) is 51.9 cm³/mol. The Labute approximate surface area is 85.4 Å². The Hall–Kier alpha value is -1.29. The molecule has 1 atom stereocenters. The lowest BCUT2D eigenvalue weighted by Crippen LogP contribution is -2.26. The molecule has 1 nitrogen and oxygen atoms in total. The summed E-state index contributed by atoms with van der Waals surface area (Å²) in [5.41, 5.74) is 4.54. The van der Waals surface area contributed by atoms with Crippen LogP contribution in [0.5, 0.6) is 0 Å². The van der Waals surface area contributed by atoms with E-state index in [1.807, 2.05) is 0 Å². The minimum atomic E-state index is -2.80. The highest BCUT2D eigenvalue weighted by Gasteiger charge is 2.67. The molecule has 0 aliphatic heterocycles. The second-order valence-electron chi connectivity index (χ2n) is 3.81. The molecular weight excluding hydrogens is 203 g/mol. The van der Waals surface area contributed by atoms with E-state index >= 15 is 0 Å². The maximum atomic E-state index is 12.7. The number of alkyl halides is 2. The number of hydrogen-bond acceptors (Lipinski definition) is 1. The molecule has 80 valence electrons. The fraction of sp³-hybridized carbons (Fsp3) is 0.273. The van der Waals surface area contributed by atoms with E-state index in [0.717, 1.165) is 0 Å². The average molecular weight is 213 g/mol. The van der Waals surface area contributed by atoms with Gasteiger partial charge in [-0.1, -0.05) is 24.3 Å². The Morgan fingerprint density at radius 2 is 1.73 bits per heavy atom. The topological polar surface area (TPSA) is 26.0 Å². The number of benzene rings is 1. The van der Waals surface area contributed by atoms with Gasteiger partial charge in [0.2, 0.25) is 0 Å². The Balaban J connectivity index is 2.10. The smallest absolute Gasteiger partial charge is 0.271 e. The van der Waals surface area contributed by atoms with E-state index < -0.39 is 11.5 Å². The van der Waals surface area contributed by atoms with Crippen LogP contribution in [0.3, 0.4) is 0 Å². The molecule has 0 saturated heterocycles. The molecular formula is C11H10F3N. The van der Waals surface area contributed by atoms with Gasteiger partial charge in [0.25, 0.3) is 5.92 Å². The van der Waals surface area contributed by atoms with Gasteiger partial charge in [-0.25, -0.2) is 13.2 Å². The van der Waals surface area contributed by atoms with Crippen molar-refractivity contribution in [2.24, 2.45) is 5.73 Å². The van der Waals surface area contributed by atoms with E-state index in [-0.39, 0.29) is 12.2 Å². The lowest BCUT2D eigenvalue weighted by molar-refractivity contribution is 0.0997. The van der Waals surface area contributed by atoms with Crippen LogP contribution in [-0.4, -0.2) is 11.5 Å². The third kappa shape index (κ3) is 1.90. The molecule has 0 amide bonds. The molecule has 1 unspecified atom stereocenters. The summed E-state index contributed by atoms with van der Waals surface area (Å²) < 4.78 is 38.0. The standard InChI is InChI=1S/C11H10F3N/c12-9-3-1-8(2-4-9)5-6-10(15)7-11(10,13)14/h1-6H,7,15H2/b6-5+. The summed E-state index contributed by atoms with van der Waals surface area (Å²) in [6.45, 7) is 0. The van der Waals surface area contributed by atoms with Gasteiger partial charge in [-0.2, -0.15) is 0 Å². The van der Waals surface area contributed by atoms with Gasteiger partial charge in [0, 0.05) is 6.42 Å². The maximum Gasteiger partial charge on any atom is 0.271 e. The molecule has 4 heteroatoms. The van der Waals surface area contributed by atoms with Crippen LogP contribution in [0, 0.1) is 5.82 Å². The van der Waals surface area contributed by atoms with Crippen molar-refractivity contribution in [1.82, 2.24) is 0 Å². The second-order valence-corrected chi connectivity index (χ2v) is 3.81. The highest BCUT2D eigenvalue weighted by Crippen LogP contribution is 2.51. The number of halogens is 3. The van der Waals surface area contributed by atoms with Gasteiger partial charge < -0.3 is 5.73 Å². The second kappa shape index (κ2) is 3.10. The van der Waals surface area contributed by atoms with Crippen LogP contribution >= 0.6 is 0 Å². The van der Waals surface area contributed by atoms with Crippen LogP contribution in [0.25, 0.3) is 6.08 Å². The van der Waals surface area contributed by atoms with Crippen molar-refractivity contribution in [3.8, 4) is 0 Å². The summed E-state index contributed by atoms with van der Waals surface area (Å²) >= 11 is 0. The third-order valence-corrected chi connectivity index (χ3v) is 2.51. The lowest BCUT2D eigenvalue weighted by Gasteiger charge is -2.02. The van der Waals surface area contributed by atoms with Crippen LogP contribution in [0.2, 0.25) is 0 Å². The normalized spacial score (nSPS) is 28.3. The fourth-order valence-corrected chi connectivity index (χ4v) is 1.32. The molecule has 0 aromatic heterocycles. The van der Waals surface area contributed by atoms with E-state index in [0.29, 0.717) is 5.56 Å². The van der Waals surface area contributed by atoms with Gasteiger partial charge in [-0.05, 0) is 17.7 Å². The summed E-state index contributed by atoms with van der Waals surface area (Å²) in [6, 6.07) is 5.56. The average Bonchev–Trinajstić information content (AvgIpc) is 2.66. The first kappa shape index (κ1) is 10.2. The number of rotatable bonds is 2. The molecule has 1 aromatic rings. The molecule has 1 aromatic carbocycles. The molecule has 0 heterocycles. The Bertz CT molecular complexity index is 397. The first-order valence-electron chi connectivity index (χ1n) is 4.54. The molecule has 2 N–H and O–H groups in total. The number of hydrogen-bond donors (Lipinski definition) is 1. The van der Waals surface area contributed by atoms with Crippen molar-refractivity contribution in [3.05, 3.63) is 41.7 Å². The molecule has 2 rings (SSSR count). The van der Waals surface area contributed by atoms with E-state index in [1.54, 1.807) is 0 Å². The summed E-state index contributed by atoms with van der Waals surface area (Å²) in [6.07, 6.45) is 2.44. The van der Waals surface area contributed by atoms with E-state index in [2.05, 4.69) is 0 Å². The largest absolute Gasteiger partial charge is 0.317 e. The maximum absolute atomic E-state index is 12.7. The van der Waals surface area contributed by atoms with Crippen molar-refractivity contribution in [1.29, 1.82) is 0 Å². The quantitative estimate of drug-likeness (QED) is 0.802. The number of nitrogens with two attached hydrogens (primary N) is 1. The molecule has 0 spiro atoms. The van der Waals surface area contributed by atoms with Gasteiger partial charge in [-0.3, -0.25) is 0 Å². The van der Waals surface area contributed by atoms with E-state index in [9.17, 15) is 13.2 Å². The van der Waals surface area contributed by atoms with Gasteiger partial charge >= 0.3 is 0 Å². The highest BCUT2D eigenvalue weighted by atomic mass is 19.3. The molecule has 0 bridgehead atoms. The molecule has 1 aliphatic rings. The van der Waals surface area contributed by atoms with Crippen molar-refractivity contribution in [2.75, 3.05) is 0 Å². The van der Waals surface area contributed by atoms with Gasteiger partial charge in [0.1, 0.15) is 11.4 Å². The van der Waals surface area contributed by atoms with Crippen LogP contribution in [0.4, 0.5) is 13.2 Å². The summed E-state index contributed by atoms with van der Waals surface area (Å²) in [7, 11) is 0. The molecule has 15 heavy (non-hydrogen) atoms. The first-order valence-corrected chi connectivity index (χ1v) is 4.54. The Kier molecular flexibility index (Phi) is 2.12.